The number of aromatic nitrogens is 2. The number of nitrogens with one attached hydrogen (secondary N) is 1. The number of anilines is 1. The molecule has 1 aliphatic rings. The molecule has 3 heterocycles. The minimum atomic E-state index is -0.0639. The number of hydrogen-bond donors (Lipinski definition) is 1. The van der Waals surface area contributed by atoms with Crippen molar-refractivity contribution in [2.45, 2.75) is 6.54 Å². The number of benzene rings is 2. The Labute approximate surface area is 183 Å². The molecule has 30 heavy (non-hydrogen) atoms. The number of thiophene rings is 1. The molecule has 0 bridgehead atoms. The molecule has 152 valence electrons. The SMILES string of the molecule is O=c1[nH]c(CN2CCN(c3cccc(Cl)c3)CC2)nc2sc(-c3ccccc3)cc12. The summed E-state index contributed by atoms with van der Waals surface area (Å²) in [6.45, 7) is 4.31. The van der Waals surface area contributed by atoms with Crippen LogP contribution in [-0.2, 0) is 6.54 Å². The fourth-order valence-corrected chi connectivity index (χ4v) is 5.09. The quantitative estimate of drug-likeness (QED) is 0.507. The number of piperazine rings is 1. The van der Waals surface area contributed by atoms with E-state index in [1.54, 1.807) is 11.3 Å². The van der Waals surface area contributed by atoms with Gasteiger partial charge in [-0.25, -0.2) is 4.98 Å². The van der Waals surface area contributed by atoms with E-state index in [4.69, 9.17) is 16.6 Å². The van der Waals surface area contributed by atoms with Crippen molar-refractivity contribution in [3.05, 3.63) is 81.9 Å². The van der Waals surface area contributed by atoms with Crippen LogP contribution in [0, 0.1) is 0 Å². The predicted octanol–water partition coefficient (Wildman–Crippen LogP) is 4.63. The van der Waals surface area contributed by atoms with Crippen LogP contribution in [0.25, 0.3) is 20.7 Å². The number of hydrogen-bond acceptors (Lipinski definition) is 5. The van der Waals surface area contributed by atoms with E-state index >= 15 is 0 Å². The summed E-state index contributed by atoms with van der Waals surface area (Å²) in [6.07, 6.45) is 0. The molecule has 0 atom stereocenters. The number of halogens is 1. The van der Waals surface area contributed by atoms with Gasteiger partial charge in [-0.2, -0.15) is 0 Å². The van der Waals surface area contributed by atoms with Crippen molar-refractivity contribution >= 4 is 38.8 Å². The van der Waals surface area contributed by atoms with E-state index in [1.165, 1.54) is 0 Å². The molecular formula is C23H21ClN4OS. The summed E-state index contributed by atoms with van der Waals surface area (Å²) in [6, 6.07) is 20.0. The van der Waals surface area contributed by atoms with Crippen LogP contribution >= 0.6 is 22.9 Å². The average molecular weight is 437 g/mol. The summed E-state index contributed by atoms with van der Waals surface area (Å²) in [5, 5.41) is 1.42. The van der Waals surface area contributed by atoms with E-state index in [9.17, 15) is 4.79 Å². The Hall–Kier alpha value is -2.67. The molecule has 0 spiro atoms. The van der Waals surface area contributed by atoms with E-state index < -0.39 is 0 Å². The van der Waals surface area contributed by atoms with E-state index in [2.05, 4.69) is 33.0 Å². The highest BCUT2D eigenvalue weighted by molar-refractivity contribution is 7.21. The van der Waals surface area contributed by atoms with Crippen molar-refractivity contribution in [3.8, 4) is 10.4 Å². The van der Waals surface area contributed by atoms with Gasteiger partial charge in [-0.15, -0.1) is 11.3 Å². The van der Waals surface area contributed by atoms with Crippen molar-refractivity contribution < 1.29 is 0 Å². The van der Waals surface area contributed by atoms with E-state index in [0.717, 1.165) is 58.0 Å². The third-order valence-electron chi connectivity index (χ3n) is 5.43. The molecule has 0 aliphatic carbocycles. The zero-order valence-corrected chi connectivity index (χ0v) is 17.9. The van der Waals surface area contributed by atoms with Crippen molar-refractivity contribution in [1.82, 2.24) is 14.9 Å². The Bertz CT molecular complexity index is 1230. The van der Waals surface area contributed by atoms with Gasteiger partial charge in [-0.3, -0.25) is 9.69 Å². The molecule has 0 amide bonds. The Morgan fingerprint density at radius 1 is 1.00 bits per heavy atom. The fraction of sp³-hybridized carbons (Fsp3) is 0.217. The molecule has 5 nitrogen and oxygen atoms in total. The molecule has 1 N–H and O–H groups in total. The highest BCUT2D eigenvalue weighted by Gasteiger charge is 2.19. The van der Waals surface area contributed by atoms with Gasteiger partial charge in [-0.05, 0) is 29.8 Å². The van der Waals surface area contributed by atoms with Crippen LogP contribution in [0.15, 0.2) is 65.5 Å². The Morgan fingerprint density at radius 2 is 1.80 bits per heavy atom. The maximum atomic E-state index is 12.6. The third kappa shape index (κ3) is 3.99. The normalized spacial score (nSPS) is 15.0. The number of aromatic amines is 1. The van der Waals surface area contributed by atoms with Crippen LogP contribution in [0.5, 0.6) is 0 Å². The molecule has 1 fully saturated rings. The standard InChI is InChI=1S/C23H21ClN4OS/c24-17-7-4-8-18(13-17)28-11-9-27(10-12-28)15-21-25-22(29)19-14-20(30-23(19)26-21)16-5-2-1-3-6-16/h1-8,13-14H,9-12,15H2,(H,25,26,29). The van der Waals surface area contributed by atoms with Gasteiger partial charge in [0.1, 0.15) is 10.7 Å². The minimum absolute atomic E-state index is 0.0639. The van der Waals surface area contributed by atoms with Gasteiger partial charge in [0.15, 0.2) is 0 Å². The monoisotopic (exact) mass is 436 g/mol. The zero-order chi connectivity index (χ0) is 20.5. The minimum Gasteiger partial charge on any atom is -0.369 e. The van der Waals surface area contributed by atoms with Crippen LogP contribution in [0.3, 0.4) is 0 Å². The summed E-state index contributed by atoms with van der Waals surface area (Å²) in [7, 11) is 0. The topological polar surface area (TPSA) is 52.2 Å². The van der Waals surface area contributed by atoms with Gasteiger partial charge in [0.2, 0.25) is 0 Å². The van der Waals surface area contributed by atoms with Crippen LogP contribution in [0.1, 0.15) is 5.82 Å². The van der Waals surface area contributed by atoms with Crippen LogP contribution in [0.4, 0.5) is 5.69 Å². The Morgan fingerprint density at radius 3 is 2.57 bits per heavy atom. The molecule has 0 radical (unpaired) electrons. The summed E-state index contributed by atoms with van der Waals surface area (Å²) in [4.78, 5) is 26.9. The van der Waals surface area contributed by atoms with Gasteiger partial charge in [0.05, 0.1) is 11.9 Å². The van der Waals surface area contributed by atoms with Crippen molar-refractivity contribution in [3.63, 3.8) is 0 Å². The Balaban J connectivity index is 1.31. The molecular weight excluding hydrogens is 416 g/mol. The molecule has 0 saturated carbocycles. The van der Waals surface area contributed by atoms with Gasteiger partial charge in [-0.1, -0.05) is 48.0 Å². The van der Waals surface area contributed by atoms with Crippen molar-refractivity contribution in [2.24, 2.45) is 0 Å². The molecule has 5 rings (SSSR count). The van der Waals surface area contributed by atoms with Crippen LogP contribution in [-0.4, -0.2) is 41.0 Å². The lowest BCUT2D eigenvalue weighted by atomic mass is 10.2. The largest absolute Gasteiger partial charge is 0.369 e. The molecule has 7 heteroatoms. The van der Waals surface area contributed by atoms with Crippen molar-refractivity contribution in [1.29, 1.82) is 0 Å². The molecule has 1 saturated heterocycles. The molecule has 0 unspecified atom stereocenters. The first kappa shape index (κ1) is 19.3. The first-order valence-corrected chi connectivity index (χ1v) is 11.2. The number of nitrogens with zero attached hydrogens (tertiary/aromatic N) is 3. The smallest absolute Gasteiger partial charge is 0.259 e. The van der Waals surface area contributed by atoms with Crippen molar-refractivity contribution in [2.75, 3.05) is 31.1 Å². The first-order valence-electron chi connectivity index (χ1n) is 9.97. The summed E-state index contributed by atoms with van der Waals surface area (Å²) in [5.41, 5.74) is 2.20. The second kappa shape index (κ2) is 8.22. The fourth-order valence-electron chi connectivity index (χ4n) is 3.84. The lowest BCUT2D eigenvalue weighted by Crippen LogP contribution is -2.46. The second-order valence-electron chi connectivity index (χ2n) is 7.45. The van der Waals surface area contributed by atoms with E-state index in [0.29, 0.717) is 11.9 Å². The highest BCUT2D eigenvalue weighted by atomic mass is 35.5. The lowest BCUT2D eigenvalue weighted by Gasteiger charge is -2.35. The lowest BCUT2D eigenvalue weighted by molar-refractivity contribution is 0.244. The molecule has 4 aromatic rings. The maximum Gasteiger partial charge on any atom is 0.259 e. The maximum absolute atomic E-state index is 12.6. The summed E-state index contributed by atoms with van der Waals surface area (Å²) in [5.74, 6) is 0.727. The van der Waals surface area contributed by atoms with Gasteiger partial charge in [0.25, 0.3) is 5.56 Å². The molecule has 2 aromatic carbocycles. The van der Waals surface area contributed by atoms with E-state index in [-0.39, 0.29) is 5.56 Å². The number of H-pyrrole nitrogens is 1. The Kier molecular flexibility index (Phi) is 5.29. The number of fused-ring (bicyclic) bond motifs is 1. The van der Waals surface area contributed by atoms with Crippen LogP contribution < -0.4 is 10.5 Å². The van der Waals surface area contributed by atoms with Gasteiger partial charge < -0.3 is 9.88 Å². The summed E-state index contributed by atoms with van der Waals surface area (Å²) >= 11 is 7.69. The summed E-state index contributed by atoms with van der Waals surface area (Å²) < 4.78 is 0. The zero-order valence-electron chi connectivity index (χ0n) is 16.3. The third-order valence-corrected chi connectivity index (χ3v) is 6.74. The van der Waals surface area contributed by atoms with Gasteiger partial charge in [0, 0.05) is 41.8 Å². The van der Waals surface area contributed by atoms with E-state index in [1.807, 2.05) is 42.5 Å². The predicted molar refractivity (Wildman–Crippen MR) is 125 cm³/mol. The molecule has 2 aromatic heterocycles. The average Bonchev–Trinajstić information content (AvgIpc) is 3.20. The van der Waals surface area contributed by atoms with Gasteiger partial charge >= 0.3 is 0 Å². The second-order valence-corrected chi connectivity index (χ2v) is 8.92. The molecule has 1 aliphatic heterocycles. The first-order chi connectivity index (χ1) is 14.7. The van der Waals surface area contributed by atoms with Crippen LogP contribution in [0.2, 0.25) is 5.02 Å². The highest BCUT2D eigenvalue weighted by Crippen LogP contribution is 2.30. The number of rotatable bonds is 4.